The number of hydrogen-bond donors (Lipinski definition) is 1. The average molecular weight is 289 g/mol. The molecule has 2 rings (SSSR count). The largest absolute Gasteiger partial charge is 0.389 e. The van der Waals surface area contributed by atoms with Crippen molar-refractivity contribution < 1.29 is 13.2 Å². The molecule has 1 fully saturated rings. The number of alkyl halides is 3. The van der Waals surface area contributed by atoms with Gasteiger partial charge in [-0.1, -0.05) is 19.3 Å². The van der Waals surface area contributed by atoms with Crippen molar-refractivity contribution in [3.05, 3.63) is 18.0 Å². The second-order valence-corrected chi connectivity index (χ2v) is 5.70. The molecule has 0 aliphatic heterocycles. The molecule has 1 saturated carbocycles. The van der Waals surface area contributed by atoms with Gasteiger partial charge in [0, 0.05) is 25.1 Å². The lowest BCUT2D eigenvalue weighted by molar-refractivity contribution is -0.136. The third kappa shape index (κ3) is 4.81. The van der Waals surface area contributed by atoms with Crippen molar-refractivity contribution in [1.29, 1.82) is 0 Å². The van der Waals surface area contributed by atoms with E-state index in [1.165, 1.54) is 19.3 Å². The van der Waals surface area contributed by atoms with E-state index in [1.54, 1.807) is 0 Å². The maximum atomic E-state index is 12.1. The van der Waals surface area contributed by atoms with Crippen molar-refractivity contribution in [2.75, 3.05) is 0 Å². The van der Waals surface area contributed by atoms with Crippen LogP contribution in [0.4, 0.5) is 13.2 Å². The van der Waals surface area contributed by atoms with Gasteiger partial charge in [0.15, 0.2) is 0 Å². The van der Waals surface area contributed by atoms with Gasteiger partial charge in [-0.15, -0.1) is 0 Å². The fourth-order valence-corrected chi connectivity index (χ4v) is 2.75. The van der Waals surface area contributed by atoms with E-state index in [9.17, 15) is 13.2 Å². The molecule has 20 heavy (non-hydrogen) atoms. The molecule has 1 aliphatic rings. The van der Waals surface area contributed by atoms with Gasteiger partial charge in [-0.2, -0.15) is 18.3 Å². The van der Waals surface area contributed by atoms with Gasteiger partial charge in [-0.05, 0) is 25.3 Å². The summed E-state index contributed by atoms with van der Waals surface area (Å²) in [6.07, 6.45) is 3.37. The van der Waals surface area contributed by atoms with Crippen molar-refractivity contribution in [2.45, 2.75) is 69.6 Å². The summed E-state index contributed by atoms with van der Waals surface area (Å²) in [6.45, 7) is 0. The van der Waals surface area contributed by atoms with Crippen LogP contribution in [-0.2, 0) is 6.42 Å². The molecule has 6 heteroatoms. The maximum absolute atomic E-state index is 12.1. The van der Waals surface area contributed by atoms with E-state index in [4.69, 9.17) is 5.73 Å². The zero-order chi connectivity index (χ0) is 14.6. The van der Waals surface area contributed by atoms with Crippen molar-refractivity contribution in [2.24, 2.45) is 5.73 Å². The van der Waals surface area contributed by atoms with E-state index < -0.39 is 18.6 Å². The van der Waals surface area contributed by atoms with Crippen LogP contribution in [-0.4, -0.2) is 22.0 Å². The highest BCUT2D eigenvalue weighted by atomic mass is 19.4. The van der Waals surface area contributed by atoms with E-state index in [1.807, 2.05) is 16.9 Å². The quantitative estimate of drug-likeness (QED) is 0.900. The van der Waals surface area contributed by atoms with Gasteiger partial charge in [0.25, 0.3) is 0 Å². The Morgan fingerprint density at radius 2 is 2.00 bits per heavy atom. The molecule has 1 atom stereocenters. The summed E-state index contributed by atoms with van der Waals surface area (Å²) in [5.74, 6) is 0. The minimum Gasteiger partial charge on any atom is -0.327 e. The van der Waals surface area contributed by atoms with Gasteiger partial charge in [-0.25, -0.2) is 0 Å². The lowest BCUT2D eigenvalue weighted by Crippen LogP contribution is -2.25. The Hall–Kier alpha value is -1.04. The second-order valence-electron chi connectivity index (χ2n) is 5.70. The van der Waals surface area contributed by atoms with Crippen LogP contribution in [0.3, 0.4) is 0 Å². The Morgan fingerprint density at radius 1 is 1.30 bits per heavy atom. The summed E-state index contributed by atoms with van der Waals surface area (Å²) in [6, 6.07) is 1.84. The van der Waals surface area contributed by atoms with Gasteiger partial charge < -0.3 is 5.73 Å². The normalized spacial score (nSPS) is 19.2. The summed E-state index contributed by atoms with van der Waals surface area (Å²) < 4.78 is 38.3. The standard InChI is InChI=1S/C14H22F3N3/c15-14(16,17)8-6-11(18)10-12-7-9-20(19-12)13-4-2-1-3-5-13/h7,9,11,13H,1-6,8,10,18H2. The van der Waals surface area contributed by atoms with Gasteiger partial charge in [0.2, 0.25) is 0 Å². The molecular weight excluding hydrogens is 267 g/mol. The van der Waals surface area contributed by atoms with E-state index in [2.05, 4.69) is 5.10 Å². The molecule has 1 aromatic rings. The van der Waals surface area contributed by atoms with Crippen molar-refractivity contribution in [1.82, 2.24) is 9.78 Å². The lowest BCUT2D eigenvalue weighted by atomic mass is 9.96. The predicted molar refractivity (Wildman–Crippen MR) is 71.3 cm³/mol. The van der Waals surface area contributed by atoms with Crippen molar-refractivity contribution >= 4 is 0 Å². The Morgan fingerprint density at radius 3 is 2.65 bits per heavy atom. The first-order valence-corrected chi connectivity index (χ1v) is 7.30. The zero-order valence-electron chi connectivity index (χ0n) is 11.6. The maximum Gasteiger partial charge on any atom is 0.389 e. The van der Waals surface area contributed by atoms with Gasteiger partial charge >= 0.3 is 6.18 Å². The zero-order valence-corrected chi connectivity index (χ0v) is 11.6. The molecule has 0 bridgehead atoms. The van der Waals surface area contributed by atoms with Crippen LogP contribution in [0, 0.1) is 0 Å². The van der Waals surface area contributed by atoms with Gasteiger partial charge in [-0.3, -0.25) is 4.68 Å². The molecule has 3 nitrogen and oxygen atoms in total. The molecule has 1 aromatic heterocycles. The molecule has 1 unspecified atom stereocenters. The van der Waals surface area contributed by atoms with Gasteiger partial charge in [0.1, 0.15) is 0 Å². The fraction of sp³-hybridized carbons (Fsp3) is 0.786. The fourth-order valence-electron chi connectivity index (χ4n) is 2.75. The van der Waals surface area contributed by atoms with Gasteiger partial charge in [0.05, 0.1) is 11.7 Å². The molecule has 1 heterocycles. The Labute approximate surface area is 117 Å². The summed E-state index contributed by atoms with van der Waals surface area (Å²) in [5, 5.41) is 4.47. The number of hydrogen-bond acceptors (Lipinski definition) is 2. The Balaban J connectivity index is 1.82. The summed E-state index contributed by atoms with van der Waals surface area (Å²) in [4.78, 5) is 0. The van der Waals surface area contributed by atoms with E-state index >= 15 is 0 Å². The summed E-state index contributed by atoms with van der Waals surface area (Å²) in [5.41, 5.74) is 6.55. The second kappa shape index (κ2) is 6.61. The average Bonchev–Trinajstić information content (AvgIpc) is 2.85. The molecule has 0 aromatic carbocycles. The van der Waals surface area contributed by atoms with Crippen LogP contribution in [0.2, 0.25) is 0 Å². The molecule has 1 aliphatic carbocycles. The first-order valence-electron chi connectivity index (χ1n) is 7.30. The molecular formula is C14H22F3N3. The highest BCUT2D eigenvalue weighted by Gasteiger charge is 2.27. The Kier molecular flexibility index (Phi) is 5.07. The number of aromatic nitrogens is 2. The number of halogens is 3. The molecule has 0 saturated heterocycles. The minimum absolute atomic E-state index is 0.0419. The minimum atomic E-state index is -4.13. The van der Waals surface area contributed by atoms with Crippen LogP contribution in [0.5, 0.6) is 0 Å². The summed E-state index contributed by atoms with van der Waals surface area (Å²) in [7, 11) is 0. The van der Waals surface area contributed by atoms with Crippen molar-refractivity contribution in [3.63, 3.8) is 0 Å². The predicted octanol–water partition coefficient (Wildman–Crippen LogP) is 3.60. The number of nitrogens with two attached hydrogens (primary N) is 1. The van der Waals surface area contributed by atoms with Crippen LogP contribution < -0.4 is 5.73 Å². The smallest absolute Gasteiger partial charge is 0.327 e. The highest BCUT2D eigenvalue weighted by Crippen LogP contribution is 2.27. The van der Waals surface area contributed by atoms with Crippen LogP contribution in [0.25, 0.3) is 0 Å². The molecule has 2 N–H and O–H groups in total. The SMILES string of the molecule is NC(CCC(F)(F)F)Cc1ccn(C2CCCCC2)n1. The van der Waals surface area contributed by atoms with Crippen LogP contribution in [0.1, 0.15) is 56.7 Å². The number of rotatable bonds is 5. The third-order valence-corrected chi connectivity index (χ3v) is 3.88. The topological polar surface area (TPSA) is 43.8 Å². The first-order chi connectivity index (χ1) is 9.44. The Bertz CT molecular complexity index is 408. The van der Waals surface area contributed by atoms with Crippen molar-refractivity contribution in [3.8, 4) is 0 Å². The first kappa shape index (κ1) is 15.4. The monoisotopic (exact) mass is 289 g/mol. The molecule has 0 amide bonds. The third-order valence-electron chi connectivity index (χ3n) is 3.88. The van der Waals surface area contributed by atoms with E-state index in [0.717, 1.165) is 18.5 Å². The molecule has 0 spiro atoms. The lowest BCUT2D eigenvalue weighted by Gasteiger charge is -2.21. The number of nitrogens with zero attached hydrogens (tertiary/aromatic N) is 2. The highest BCUT2D eigenvalue weighted by molar-refractivity contribution is 5.02. The van der Waals surface area contributed by atoms with E-state index in [0.29, 0.717) is 12.5 Å². The summed E-state index contributed by atoms with van der Waals surface area (Å²) >= 11 is 0. The van der Waals surface area contributed by atoms with E-state index in [-0.39, 0.29) is 6.42 Å². The molecule has 0 radical (unpaired) electrons. The molecule has 114 valence electrons. The van der Waals surface area contributed by atoms with Crippen LogP contribution >= 0.6 is 0 Å². The van der Waals surface area contributed by atoms with Crippen LogP contribution in [0.15, 0.2) is 12.3 Å².